The molecule has 4 nitrogen and oxygen atoms in total. The lowest BCUT2D eigenvalue weighted by atomic mass is 10.1. The van der Waals surface area contributed by atoms with Crippen molar-refractivity contribution in [1.29, 1.82) is 0 Å². The molecule has 2 heterocycles. The zero-order valence-electron chi connectivity index (χ0n) is 8.20. The lowest BCUT2D eigenvalue weighted by Crippen LogP contribution is -2.48. The molecule has 0 bridgehead atoms. The number of rotatable bonds is 2. The Balaban J connectivity index is 1.99. The van der Waals surface area contributed by atoms with Crippen LogP contribution in [-0.4, -0.2) is 55.9 Å². The zero-order valence-corrected chi connectivity index (χ0v) is 8.20. The highest BCUT2D eigenvalue weighted by Gasteiger charge is 2.38. The average Bonchev–Trinajstić information content (AvgIpc) is 2.73. The number of ether oxygens (including phenoxy) is 1. The third kappa shape index (κ3) is 1.62. The van der Waals surface area contributed by atoms with Crippen molar-refractivity contribution in [3.63, 3.8) is 0 Å². The average molecular weight is 202 g/mol. The lowest BCUT2D eigenvalue weighted by Gasteiger charge is -2.28. The number of nitrogens with zero attached hydrogens (tertiary/aromatic N) is 1. The van der Waals surface area contributed by atoms with Crippen molar-refractivity contribution in [2.24, 2.45) is 0 Å². The number of nitrogens with one attached hydrogen (secondary N) is 1. The van der Waals surface area contributed by atoms with E-state index in [1.807, 2.05) is 0 Å². The molecule has 1 N–H and O–H groups in total. The van der Waals surface area contributed by atoms with Gasteiger partial charge in [0.05, 0.1) is 25.3 Å². The summed E-state index contributed by atoms with van der Waals surface area (Å²) in [5.74, 6) is 0.00611. The Labute approximate surface area is 82.4 Å². The largest absolute Gasteiger partial charge is 0.377 e. The second-order valence-electron chi connectivity index (χ2n) is 3.88. The van der Waals surface area contributed by atoms with Crippen molar-refractivity contribution >= 4 is 5.91 Å². The monoisotopic (exact) mass is 202 g/mol. The first-order valence-electron chi connectivity index (χ1n) is 4.91. The Bertz CT molecular complexity index is 237. The zero-order chi connectivity index (χ0) is 10.1. The van der Waals surface area contributed by atoms with Gasteiger partial charge in [0.2, 0.25) is 5.91 Å². The molecule has 0 aliphatic carbocycles. The molecule has 2 aliphatic rings. The predicted molar refractivity (Wildman–Crippen MR) is 48.7 cm³/mol. The van der Waals surface area contributed by atoms with Gasteiger partial charge in [0.25, 0.3) is 0 Å². The first-order valence-corrected chi connectivity index (χ1v) is 4.91. The Kier molecular flexibility index (Phi) is 2.69. The quantitative estimate of drug-likeness (QED) is 0.659. The minimum atomic E-state index is -0.964. The fourth-order valence-corrected chi connectivity index (χ4v) is 2.09. The van der Waals surface area contributed by atoms with Gasteiger partial charge in [0.1, 0.15) is 6.17 Å². The van der Waals surface area contributed by atoms with E-state index < -0.39 is 6.17 Å². The maximum atomic E-state index is 13.3. The molecule has 3 atom stereocenters. The van der Waals surface area contributed by atoms with Gasteiger partial charge in [-0.1, -0.05) is 0 Å². The summed E-state index contributed by atoms with van der Waals surface area (Å²) in [4.78, 5) is 13.2. The van der Waals surface area contributed by atoms with Crippen LogP contribution in [-0.2, 0) is 9.53 Å². The van der Waals surface area contributed by atoms with E-state index in [9.17, 15) is 9.18 Å². The second-order valence-corrected chi connectivity index (χ2v) is 3.88. The Morgan fingerprint density at radius 2 is 2.36 bits per heavy atom. The lowest BCUT2D eigenvalue weighted by molar-refractivity contribution is -0.124. The van der Waals surface area contributed by atoms with Crippen LogP contribution in [0.4, 0.5) is 4.39 Å². The number of halogens is 1. The fourth-order valence-electron chi connectivity index (χ4n) is 2.09. The van der Waals surface area contributed by atoms with Crippen LogP contribution in [0, 0.1) is 0 Å². The number of carbonyl (C=O) groups is 1. The second kappa shape index (κ2) is 3.82. The summed E-state index contributed by atoms with van der Waals surface area (Å²) in [7, 11) is 1.79. The van der Waals surface area contributed by atoms with Gasteiger partial charge >= 0.3 is 0 Å². The smallest absolute Gasteiger partial charge is 0.237 e. The predicted octanol–water partition coefficient (Wildman–Crippen LogP) is -0.456. The molecule has 2 rings (SSSR count). The van der Waals surface area contributed by atoms with Crippen LogP contribution in [0.1, 0.15) is 6.42 Å². The van der Waals surface area contributed by atoms with E-state index in [4.69, 9.17) is 4.74 Å². The van der Waals surface area contributed by atoms with Crippen molar-refractivity contribution in [3.8, 4) is 0 Å². The summed E-state index contributed by atoms with van der Waals surface area (Å²) in [6.45, 7) is 1.24. The summed E-state index contributed by atoms with van der Waals surface area (Å²) >= 11 is 0. The third-order valence-corrected chi connectivity index (χ3v) is 3.02. The van der Waals surface area contributed by atoms with Crippen LogP contribution in [0.15, 0.2) is 0 Å². The maximum absolute atomic E-state index is 13.3. The van der Waals surface area contributed by atoms with E-state index in [1.165, 1.54) is 0 Å². The Hall–Kier alpha value is -0.680. The van der Waals surface area contributed by atoms with Crippen LogP contribution in [0.25, 0.3) is 0 Å². The van der Waals surface area contributed by atoms with Gasteiger partial charge in [0.15, 0.2) is 0 Å². The molecule has 0 saturated carbocycles. The van der Waals surface area contributed by atoms with E-state index in [1.54, 1.807) is 11.9 Å². The molecular formula is C9H15FN2O2. The van der Waals surface area contributed by atoms with Gasteiger partial charge in [-0.2, -0.15) is 0 Å². The van der Waals surface area contributed by atoms with E-state index in [-0.39, 0.29) is 24.6 Å². The van der Waals surface area contributed by atoms with E-state index in [2.05, 4.69) is 5.32 Å². The Morgan fingerprint density at radius 1 is 1.57 bits per heavy atom. The minimum Gasteiger partial charge on any atom is -0.377 e. The molecule has 5 heteroatoms. The number of hydrogen-bond donors (Lipinski definition) is 1. The molecule has 14 heavy (non-hydrogen) atoms. The van der Waals surface area contributed by atoms with Crippen LogP contribution in [0.5, 0.6) is 0 Å². The first-order chi connectivity index (χ1) is 6.70. The molecule has 80 valence electrons. The molecule has 0 radical (unpaired) electrons. The van der Waals surface area contributed by atoms with Crippen LogP contribution in [0.2, 0.25) is 0 Å². The molecule has 0 aromatic rings. The summed E-state index contributed by atoms with van der Waals surface area (Å²) in [6, 6.07) is -0.441. The minimum absolute atomic E-state index is 0.00611. The molecule has 2 saturated heterocycles. The molecule has 3 unspecified atom stereocenters. The van der Waals surface area contributed by atoms with Crippen molar-refractivity contribution < 1.29 is 13.9 Å². The van der Waals surface area contributed by atoms with Gasteiger partial charge < -0.3 is 10.1 Å². The molecule has 0 aromatic carbocycles. The normalized spacial score (nSPS) is 37.9. The van der Waals surface area contributed by atoms with Crippen LogP contribution >= 0.6 is 0 Å². The van der Waals surface area contributed by atoms with Crippen molar-refractivity contribution in [3.05, 3.63) is 0 Å². The number of amides is 1. The van der Waals surface area contributed by atoms with E-state index in [0.717, 1.165) is 6.42 Å². The molecule has 0 aromatic heterocycles. The Morgan fingerprint density at radius 3 is 2.86 bits per heavy atom. The third-order valence-electron chi connectivity index (χ3n) is 3.02. The van der Waals surface area contributed by atoms with Crippen molar-refractivity contribution in [2.75, 3.05) is 26.8 Å². The summed E-state index contributed by atoms with van der Waals surface area (Å²) in [5, 5.41) is 2.74. The first kappa shape index (κ1) is 9.86. The molecule has 2 fully saturated rings. The highest BCUT2D eigenvalue weighted by molar-refractivity contribution is 5.83. The van der Waals surface area contributed by atoms with Gasteiger partial charge in [-0.15, -0.1) is 0 Å². The number of likely N-dealkylation sites (N-methyl/N-ethyl adjacent to an activating group) is 1. The van der Waals surface area contributed by atoms with Gasteiger partial charge in [0, 0.05) is 6.54 Å². The molecular weight excluding hydrogens is 187 g/mol. The van der Waals surface area contributed by atoms with Crippen LogP contribution < -0.4 is 5.32 Å². The van der Waals surface area contributed by atoms with Gasteiger partial charge in [-0.05, 0) is 13.5 Å². The summed E-state index contributed by atoms with van der Waals surface area (Å²) in [5.41, 5.74) is 0. The highest BCUT2D eigenvalue weighted by Crippen LogP contribution is 2.19. The highest BCUT2D eigenvalue weighted by atomic mass is 19.1. The SMILES string of the molecule is CN(C1CCNC1=O)C1COCC1F. The summed E-state index contributed by atoms with van der Waals surface area (Å²) < 4.78 is 18.4. The maximum Gasteiger partial charge on any atom is 0.237 e. The fraction of sp³-hybridized carbons (Fsp3) is 0.889. The molecule has 0 spiro atoms. The number of hydrogen-bond acceptors (Lipinski definition) is 3. The molecule has 2 aliphatic heterocycles. The van der Waals surface area contributed by atoms with E-state index >= 15 is 0 Å². The van der Waals surface area contributed by atoms with Crippen LogP contribution in [0.3, 0.4) is 0 Å². The molecule has 1 amide bonds. The van der Waals surface area contributed by atoms with Crippen molar-refractivity contribution in [1.82, 2.24) is 10.2 Å². The van der Waals surface area contributed by atoms with Gasteiger partial charge in [-0.25, -0.2) is 4.39 Å². The topological polar surface area (TPSA) is 41.6 Å². The number of carbonyl (C=O) groups excluding carboxylic acids is 1. The van der Waals surface area contributed by atoms with E-state index in [0.29, 0.717) is 13.2 Å². The standard InChI is InChI=1S/C9H15FN2O2/c1-12(7-2-3-11-9(7)13)8-5-14-4-6(8)10/h6-8H,2-5H2,1H3,(H,11,13). The van der Waals surface area contributed by atoms with Gasteiger partial charge in [-0.3, -0.25) is 9.69 Å². The summed E-state index contributed by atoms with van der Waals surface area (Å²) in [6.07, 6.45) is -0.202. The number of alkyl halides is 1. The van der Waals surface area contributed by atoms with Crippen molar-refractivity contribution in [2.45, 2.75) is 24.7 Å².